The standard InChI is InChI=1S/C29H30N6O3S/c1-29(2,3)38-28(36)35-18-7-8-19(35)10-20(9-18)34-15-17(12-32-34)23-14-31-27(30)25-22(23)11-24(37-25)21-6-4-5-16-13-33-39-26(16)21/h4-6,11-15,18-20H,7-10H2,1-3H3,(H2,30,31)/t18-,19+,20?. The van der Waals surface area contributed by atoms with E-state index in [0.717, 1.165) is 63.6 Å². The highest BCUT2D eigenvalue weighted by atomic mass is 32.1. The number of nitrogen functional groups attached to an aromatic ring is 1. The predicted octanol–water partition coefficient (Wildman–Crippen LogP) is 6.65. The second kappa shape index (κ2) is 8.81. The maximum Gasteiger partial charge on any atom is 0.410 e. The van der Waals surface area contributed by atoms with Gasteiger partial charge < -0.3 is 19.8 Å². The SMILES string of the molecule is CC(C)(C)OC(=O)N1[C@@H]2CC[C@H]1CC(n1cc(-c3cnc(N)c4oc(-c5cccc6cnsc56)cc34)cn1)C2. The summed E-state index contributed by atoms with van der Waals surface area (Å²) in [6.45, 7) is 5.74. The van der Waals surface area contributed by atoms with Crippen molar-refractivity contribution in [1.82, 2.24) is 24.0 Å². The van der Waals surface area contributed by atoms with Gasteiger partial charge in [-0.15, -0.1) is 0 Å². The summed E-state index contributed by atoms with van der Waals surface area (Å²) in [6.07, 6.45) is 11.1. The van der Waals surface area contributed by atoms with Crippen molar-refractivity contribution >= 4 is 44.5 Å². The molecule has 5 aromatic rings. The summed E-state index contributed by atoms with van der Waals surface area (Å²) in [4.78, 5) is 19.3. The van der Waals surface area contributed by atoms with Crippen LogP contribution in [0, 0.1) is 0 Å². The van der Waals surface area contributed by atoms with Crippen molar-refractivity contribution in [2.45, 2.75) is 70.2 Å². The lowest BCUT2D eigenvalue weighted by Gasteiger charge is -2.39. The first-order valence-corrected chi connectivity index (χ1v) is 14.1. The molecule has 2 bridgehead atoms. The largest absolute Gasteiger partial charge is 0.452 e. The Hall–Kier alpha value is -3.92. The number of pyridine rings is 1. The highest BCUT2D eigenvalue weighted by Gasteiger charge is 2.45. The molecule has 0 spiro atoms. The molecule has 2 aliphatic heterocycles. The van der Waals surface area contributed by atoms with E-state index >= 15 is 0 Å². The Morgan fingerprint density at radius 2 is 1.90 bits per heavy atom. The van der Waals surface area contributed by atoms with Crippen LogP contribution >= 0.6 is 11.5 Å². The topological polar surface area (TPSA) is 112 Å². The molecule has 9 nitrogen and oxygen atoms in total. The quantitative estimate of drug-likeness (QED) is 0.271. The van der Waals surface area contributed by atoms with E-state index < -0.39 is 5.60 Å². The number of furan rings is 1. The molecule has 2 aliphatic rings. The van der Waals surface area contributed by atoms with Gasteiger partial charge in [0.05, 0.1) is 16.9 Å². The third-order valence-electron chi connectivity index (χ3n) is 7.83. The van der Waals surface area contributed by atoms with Crippen molar-refractivity contribution < 1.29 is 13.9 Å². The molecule has 0 saturated carbocycles. The van der Waals surface area contributed by atoms with Crippen LogP contribution in [0.4, 0.5) is 10.6 Å². The number of hydrogen-bond donors (Lipinski definition) is 1. The molecule has 10 heteroatoms. The van der Waals surface area contributed by atoms with Crippen LogP contribution in [-0.4, -0.2) is 47.8 Å². The molecule has 1 unspecified atom stereocenters. The second-order valence-corrected chi connectivity index (χ2v) is 12.4. The van der Waals surface area contributed by atoms with Crippen LogP contribution in [0.5, 0.6) is 0 Å². The fourth-order valence-electron chi connectivity index (χ4n) is 6.15. The summed E-state index contributed by atoms with van der Waals surface area (Å²) in [7, 11) is 0. The molecule has 1 aromatic carbocycles. The van der Waals surface area contributed by atoms with Crippen LogP contribution in [0.15, 0.2) is 53.5 Å². The summed E-state index contributed by atoms with van der Waals surface area (Å²) < 4.78 is 19.4. The minimum Gasteiger partial charge on any atom is -0.452 e. The van der Waals surface area contributed by atoms with Gasteiger partial charge in [-0.3, -0.25) is 4.68 Å². The number of ether oxygens (including phenoxy) is 1. The number of nitrogens with two attached hydrogens (primary N) is 1. The lowest BCUT2D eigenvalue weighted by Crippen LogP contribution is -2.48. The van der Waals surface area contributed by atoms with E-state index in [2.05, 4.69) is 15.6 Å². The van der Waals surface area contributed by atoms with Crippen molar-refractivity contribution in [2.75, 3.05) is 5.73 Å². The number of aromatic nitrogens is 4. The number of piperidine rings is 1. The molecule has 39 heavy (non-hydrogen) atoms. The van der Waals surface area contributed by atoms with Gasteiger partial charge in [0.2, 0.25) is 0 Å². The molecular weight excluding hydrogens is 512 g/mol. The molecule has 200 valence electrons. The Bertz CT molecular complexity index is 1700. The maximum atomic E-state index is 12.9. The number of hydrogen-bond acceptors (Lipinski definition) is 8. The summed E-state index contributed by atoms with van der Waals surface area (Å²) in [5.41, 5.74) is 9.18. The lowest BCUT2D eigenvalue weighted by atomic mass is 9.98. The van der Waals surface area contributed by atoms with Gasteiger partial charge in [-0.25, -0.2) is 9.78 Å². The van der Waals surface area contributed by atoms with Crippen LogP contribution < -0.4 is 5.73 Å². The second-order valence-electron chi connectivity index (χ2n) is 11.6. The van der Waals surface area contributed by atoms with Crippen molar-refractivity contribution in [1.29, 1.82) is 0 Å². The van der Waals surface area contributed by atoms with Gasteiger partial charge in [-0.2, -0.15) is 9.47 Å². The Kier molecular flexibility index (Phi) is 5.45. The zero-order chi connectivity index (χ0) is 26.9. The van der Waals surface area contributed by atoms with E-state index in [0.29, 0.717) is 11.4 Å². The van der Waals surface area contributed by atoms with Gasteiger partial charge in [-0.1, -0.05) is 12.1 Å². The van der Waals surface area contributed by atoms with Crippen molar-refractivity contribution in [3.05, 3.63) is 49.1 Å². The normalized spacial score (nSPS) is 21.2. The zero-order valence-electron chi connectivity index (χ0n) is 22.1. The number of benzene rings is 1. The van der Waals surface area contributed by atoms with E-state index in [1.807, 2.05) is 67.0 Å². The number of amides is 1. The molecule has 0 aliphatic carbocycles. The Morgan fingerprint density at radius 1 is 1.10 bits per heavy atom. The lowest BCUT2D eigenvalue weighted by molar-refractivity contribution is 0.00232. The number of fused-ring (bicyclic) bond motifs is 4. The minimum absolute atomic E-state index is 0.173. The van der Waals surface area contributed by atoms with E-state index in [1.54, 1.807) is 6.20 Å². The third kappa shape index (κ3) is 4.14. The van der Waals surface area contributed by atoms with Crippen LogP contribution in [-0.2, 0) is 4.74 Å². The molecule has 1 amide bonds. The smallest absolute Gasteiger partial charge is 0.410 e. The van der Waals surface area contributed by atoms with E-state index in [4.69, 9.17) is 20.0 Å². The monoisotopic (exact) mass is 542 g/mol. The molecule has 2 fully saturated rings. The van der Waals surface area contributed by atoms with Gasteiger partial charge in [-0.05, 0) is 70.1 Å². The van der Waals surface area contributed by atoms with Gasteiger partial charge in [0.1, 0.15) is 11.4 Å². The fourth-order valence-corrected chi connectivity index (χ4v) is 6.91. The van der Waals surface area contributed by atoms with E-state index in [1.165, 1.54) is 11.5 Å². The number of carbonyl (C=O) groups is 1. The number of rotatable bonds is 3. The van der Waals surface area contributed by atoms with Crippen LogP contribution in [0.3, 0.4) is 0 Å². The number of anilines is 1. The molecule has 2 saturated heterocycles. The number of carbonyl (C=O) groups excluding carboxylic acids is 1. The molecule has 6 heterocycles. The first-order valence-electron chi connectivity index (χ1n) is 13.3. The summed E-state index contributed by atoms with van der Waals surface area (Å²) >= 11 is 1.45. The van der Waals surface area contributed by atoms with E-state index in [9.17, 15) is 4.79 Å². The van der Waals surface area contributed by atoms with Crippen molar-refractivity contribution in [3.63, 3.8) is 0 Å². The van der Waals surface area contributed by atoms with Gasteiger partial charge in [0.25, 0.3) is 0 Å². The van der Waals surface area contributed by atoms with Crippen molar-refractivity contribution in [2.24, 2.45) is 0 Å². The average Bonchev–Trinajstić information content (AvgIpc) is 3.68. The summed E-state index contributed by atoms with van der Waals surface area (Å²) in [5.74, 6) is 1.09. The van der Waals surface area contributed by atoms with Gasteiger partial charge in [0, 0.05) is 58.1 Å². The highest BCUT2D eigenvalue weighted by molar-refractivity contribution is 7.13. The maximum absolute atomic E-state index is 12.9. The molecule has 3 atom stereocenters. The first-order chi connectivity index (χ1) is 18.7. The van der Waals surface area contributed by atoms with E-state index in [-0.39, 0.29) is 24.2 Å². The summed E-state index contributed by atoms with van der Waals surface area (Å²) in [6, 6.07) is 8.69. The molecule has 0 radical (unpaired) electrons. The Labute approximate surface area is 229 Å². The Balaban J connectivity index is 1.18. The van der Waals surface area contributed by atoms with Crippen LogP contribution in [0.25, 0.3) is 43.5 Å². The average molecular weight is 543 g/mol. The first kappa shape index (κ1) is 24.1. The molecular formula is C29H30N6O3S. The van der Waals surface area contributed by atoms with Crippen LogP contribution in [0.2, 0.25) is 0 Å². The summed E-state index contributed by atoms with van der Waals surface area (Å²) in [5, 5.41) is 6.74. The molecule has 4 aromatic heterocycles. The fraction of sp³-hybridized carbons (Fsp3) is 0.379. The zero-order valence-corrected chi connectivity index (χ0v) is 22.9. The minimum atomic E-state index is -0.497. The van der Waals surface area contributed by atoms with Crippen LogP contribution in [0.1, 0.15) is 52.5 Å². The highest BCUT2D eigenvalue weighted by Crippen LogP contribution is 2.43. The van der Waals surface area contributed by atoms with Gasteiger partial charge >= 0.3 is 6.09 Å². The predicted molar refractivity (Wildman–Crippen MR) is 151 cm³/mol. The molecule has 7 rings (SSSR count). The molecule has 2 N–H and O–H groups in total. The third-order valence-corrected chi connectivity index (χ3v) is 8.68. The number of nitrogens with zero attached hydrogens (tertiary/aromatic N) is 5. The van der Waals surface area contributed by atoms with Gasteiger partial charge in [0.15, 0.2) is 11.4 Å². The Morgan fingerprint density at radius 3 is 2.67 bits per heavy atom. The van der Waals surface area contributed by atoms with Crippen molar-refractivity contribution in [3.8, 4) is 22.5 Å².